The van der Waals surface area contributed by atoms with Crippen LogP contribution in [0.1, 0.15) is 0 Å². The summed E-state index contributed by atoms with van der Waals surface area (Å²) in [7, 11) is 0. The van der Waals surface area contributed by atoms with Crippen molar-refractivity contribution in [3.63, 3.8) is 0 Å². The zero-order chi connectivity index (χ0) is 29.1. The Labute approximate surface area is 196 Å². The first kappa shape index (κ1) is 32.1. The molecule has 1 aromatic carbocycles. The van der Waals surface area contributed by atoms with Gasteiger partial charge in [0.2, 0.25) is 0 Å². The fraction of sp³-hybridized carbons (Fsp3) is 0.533. The Morgan fingerprint density at radius 1 is 0.639 bits per heavy atom. The minimum Gasteiger partial charge on any atom is -0.318 e. The maximum atomic E-state index is 13.8. The van der Waals surface area contributed by atoms with Gasteiger partial charge in [-0.1, -0.05) is 11.6 Å². The standard InChI is InChI=1S/C15H4Cl2F17NO/c16-4-1-2-6(5(18)3-4)35-7(36)8(19,20)9(21,22)10(23,24)11(25,26)12(27,28)13(29,30)14(31,32)15(17,33)34/h1-3H,(H,35,36). The van der Waals surface area contributed by atoms with Gasteiger partial charge in [-0.05, 0) is 29.8 Å². The SMILES string of the molecule is O=C(Nc1ccc(Cl)cc1F)C(F)(F)C(F)(F)C(F)(F)C(F)(F)C(F)(F)C(F)(F)C(F)(F)C(F)(F)Cl. The van der Waals surface area contributed by atoms with Crippen LogP contribution in [0.5, 0.6) is 0 Å². The maximum Gasteiger partial charge on any atom is 0.393 e. The molecule has 0 aliphatic rings. The number of halogens is 19. The predicted octanol–water partition coefficient (Wildman–Crippen LogP) is 7.70. The average molecular weight is 608 g/mol. The van der Waals surface area contributed by atoms with Crippen molar-refractivity contribution in [1.29, 1.82) is 0 Å². The maximum absolute atomic E-state index is 13.8. The third-order valence-electron chi connectivity index (χ3n) is 4.19. The zero-order valence-corrected chi connectivity index (χ0v) is 17.3. The smallest absolute Gasteiger partial charge is 0.318 e. The number of carbonyl (C=O) groups is 1. The van der Waals surface area contributed by atoms with Crippen molar-refractivity contribution >= 4 is 34.8 Å². The topological polar surface area (TPSA) is 29.1 Å². The molecule has 0 saturated carbocycles. The highest BCUT2D eigenvalue weighted by Gasteiger charge is 2.95. The van der Waals surface area contributed by atoms with Crippen LogP contribution in [-0.2, 0) is 4.79 Å². The Morgan fingerprint density at radius 3 is 1.36 bits per heavy atom. The van der Waals surface area contributed by atoms with E-state index >= 15 is 0 Å². The molecule has 0 saturated heterocycles. The minimum absolute atomic E-state index is 0.200. The summed E-state index contributed by atoms with van der Waals surface area (Å²) >= 11 is 8.62. The molecule has 0 unspecified atom stereocenters. The van der Waals surface area contributed by atoms with E-state index in [0.717, 1.165) is 0 Å². The molecule has 0 fully saturated rings. The van der Waals surface area contributed by atoms with Gasteiger partial charge in [-0.15, -0.1) is 0 Å². The second kappa shape index (κ2) is 8.83. The molecule has 2 nitrogen and oxygen atoms in total. The molecular formula is C15H4Cl2F17NO. The molecule has 0 radical (unpaired) electrons. The quantitative estimate of drug-likeness (QED) is 0.226. The third kappa shape index (κ3) is 4.38. The monoisotopic (exact) mass is 607 g/mol. The summed E-state index contributed by atoms with van der Waals surface area (Å²) in [6.45, 7) is 0. The Hall–Kier alpha value is -1.92. The zero-order valence-electron chi connectivity index (χ0n) is 15.8. The first-order valence-corrected chi connectivity index (χ1v) is 8.79. The predicted molar refractivity (Wildman–Crippen MR) is 85.5 cm³/mol. The molecule has 1 N–H and O–H groups in total. The van der Waals surface area contributed by atoms with Crippen molar-refractivity contribution in [2.75, 3.05) is 5.32 Å². The van der Waals surface area contributed by atoms with Gasteiger partial charge in [0.1, 0.15) is 5.82 Å². The number of alkyl halides is 17. The van der Waals surface area contributed by atoms with Gasteiger partial charge in [-0.2, -0.15) is 70.2 Å². The summed E-state index contributed by atoms with van der Waals surface area (Å²) in [5.41, 5.74) is -1.56. The number of hydrogen-bond donors (Lipinski definition) is 1. The molecule has 0 aliphatic carbocycles. The number of nitrogens with one attached hydrogen (secondary N) is 1. The Kier molecular flexibility index (Phi) is 7.88. The molecule has 21 heteroatoms. The van der Waals surface area contributed by atoms with E-state index in [2.05, 4.69) is 11.6 Å². The number of rotatable bonds is 9. The van der Waals surface area contributed by atoms with Gasteiger partial charge in [-0.3, -0.25) is 4.79 Å². The second-order valence-corrected chi connectivity index (χ2v) is 7.51. The Balaban J connectivity index is 3.59. The molecule has 208 valence electrons. The molecule has 0 bridgehead atoms. The van der Waals surface area contributed by atoms with Crippen molar-refractivity contribution in [2.45, 2.75) is 46.8 Å². The van der Waals surface area contributed by atoms with Gasteiger partial charge >= 0.3 is 52.7 Å². The summed E-state index contributed by atoms with van der Waals surface area (Å²) in [5, 5.41) is -6.97. The number of carbonyl (C=O) groups excluding carboxylic acids is 1. The normalized spacial score (nSPS) is 15.2. The third-order valence-corrected chi connectivity index (χ3v) is 4.66. The van der Waals surface area contributed by atoms with Gasteiger partial charge < -0.3 is 5.32 Å². The summed E-state index contributed by atoms with van der Waals surface area (Å²) in [6, 6.07) is 0.986. The van der Waals surface area contributed by atoms with Crippen LogP contribution in [0.25, 0.3) is 0 Å². The van der Waals surface area contributed by atoms with E-state index in [1.54, 1.807) is 0 Å². The molecule has 0 aliphatic heterocycles. The highest BCUT2D eigenvalue weighted by atomic mass is 35.5. The molecule has 0 aromatic heterocycles. The number of amides is 1. The van der Waals surface area contributed by atoms with Crippen LogP contribution < -0.4 is 5.32 Å². The number of benzene rings is 1. The molecule has 0 heterocycles. The van der Waals surface area contributed by atoms with Crippen LogP contribution in [0.2, 0.25) is 5.02 Å². The molecule has 0 atom stereocenters. The van der Waals surface area contributed by atoms with Gasteiger partial charge in [-0.25, -0.2) is 4.39 Å². The lowest BCUT2D eigenvalue weighted by molar-refractivity contribution is -0.445. The molecule has 0 spiro atoms. The van der Waals surface area contributed by atoms with Crippen LogP contribution >= 0.6 is 23.2 Å². The first-order chi connectivity index (χ1) is 15.6. The summed E-state index contributed by atoms with van der Waals surface area (Å²) < 4.78 is 227. The van der Waals surface area contributed by atoms with Crippen LogP contribution in [0.3, 0.4) is 0 Å². The Morgan fingerprint density at radius 2 is 1.00 bits per heavy atom. The van der Waals surface area contributed by atoms with Crippen LogP contribution in [0.15, 0.2) is 18.2 Å². The van der Waals surface area contributed by atoms with Crippen molar-refractivity contribution in [3.8, 4) is 0 Å². The minimum atomic E-state index is -8.71. The average Bonchev–Trinajstić information content (AvgIpc) is 2.68. The van der Waals surface area contributed by atoms with Gasteiger partial charge in [0.25, 0.3) is 0 Å². The van der Waals surface area contributed by atoms with Crippen molar-refractivity contribution < 1.29 is 79.4 Å². The van der Waals surface area contributed by atoms with E-state index in [4.69, 9.17) is 11.6 Å². The fourth-order valence-corrected chi connectivity index (χ4v) is 2.38. The lowest BCUT2D eigenvalue weighted by Crippen LogP contribution is -2.75. The second-order valence-electron chi connectivity index (χ2n) is 6.60. The van der Waals surface area contributed by atoms with E-state index in [1.165, 1.54) is 0 Å². The van der Waals surface area contributed by atoms with Crippen LogP contribution in [0, 0.1) is 5.82 Å². The first-order valence-electron chi connectivity index (χ1n) is 8.03. The highest BCUT2D eigenvalue weighted by Crippen LogP contribution is 2.64. The van der Waals surface area contributed by atoms with E-state index < -0.39 is 69.3 Å². The van der Waals surface area contributed by atoms with E-state index in [-0.39, 0.29) is 12.1 Å². The van der Waals surface area contributed by atoms with Gasteiger partial charge in [0, 0.05) is 5.02 Å². The number of hydrogen-bond acceptors (Lipinski definition) is 1. The Bertz CT molecular complexity index is 1000. The lowest BCUT2D eigenvalue weighted by atomic mass is 9.89. The van der Waals surface area contributed by atoms with Crippen molar-refractivity contribution in [3.05, 3.63) is 29.0 Å². The molecule has 36 heavy (non-hydrogen) atoms. The largest absolute Gasteiger partial charge is 0.393 e. The van der Waals surface area contributed by atoms with E-state index in [9.17, 15) is 79.4 Å². The van der Waals surface area contributed by atoms with Crippen LogP contribution in [0.4, 0.5) is 80.3 Å². The summed E-state index contributed by atoms with van der Waals surface area (Å²) in [5.74, 6) is -63.3. The lowest BCUT2D eigenvalue weighted by Gasteiger charge is -2.42. The highest BCUT2D eigenvalue weighted by molar-refractivity contribution is 6.30. The molecular weight excluding hydrogens is 604 g/mol. The van der Waals surface area contributed by atoms with Gasteiger partial charge in [0.05, 0.1) is 5.69 Å². The van der Waals surface area contributed by atoms with Gasteiger partial charge in [0.15, 0.2) is 0 Å². The fourth-order valence-electron chi connectivity index (χ4n) is 2.10. The number of anilines is 1. The summed E-state index contributed by atoms with van der Waals surface area (Å²) in [4.78, 5) is 11.3. The van der Waals surface area contributed by atoms with Crippen molar-refractivity contribution in [2.24, 2.45) is 0 Å². The van der Waals surface area contributed by atoms with Crippen LogP contribution in [-0.4, -0.2) is 52.7 Å². The van der Waals surface area contributed by atoms with E-state index in [1.807, 2.05) is 0 Å². The molecule has 1 rings (SSSR count). The summed E-state index contributed by atoms with van der Waals surface area (Å²) in [6.07, 6.45) is 0. The van der Waals surface area contributed by atoms with E-state index in [0.29, 0.717) is 11.4 Å². The van der Waals surface area contributed by atoms with Crippen molar-refractivity contribution in [1.82, 2.24) is 0 Å². The molecule has 1 amide bonds. The molecule has 1 aromatic rings.